The van der Waals surface area contributed by atoms with Crippen LogP contribution in [0.5, 0.6) is 0 Å². The molecule has 0 amide bonds. The first kappa shape index (κ1) is 17.1. The molecule has 0 fully saturated rings. The second-order valence-electron chi connectivity index (χ2n) is 8.06. The van der Waals surface area contributed by atoms with E-state index in [9.17, 15) is 9.59 Å². The van der Waals surface area contributed by atoms with Gasteiger partial charge < -0.3 is 9.47 Å². The zero-order valence-electron chi connectivity index (χ0n) is 16.5. The lowest BCUT2D eigenvalue weighted by Gasteiger charge is -2.40. The summed E-state index contributed by atoms with van der Waals surface area (Å²) in [7, 11) is 6.01. The van der Waals surface area contributed by atoms with Crippen molar-refractivity contribution in [3.63, 3.8) is 0 Å². The van der Waals surface area contributed by atoms with Crippen LogP contribution in [0.1, 0.15) is 15.9 Å². The van der Waals surface area contributed by atoms with Crippen LogP contribution in [0.4, 0.5) is 5.69 Å². The van der Waals surface area contributed by atoms with Crippen molar-refractivity contribution in [2.75, 3.05) is 11.9 Å². The highest BCUT2D eigenvalue weighted by Gasteiger charge is 2.37. The molecule has 2 unspecified atom stereocenters. The van der Waals surface area contributed by atoms with Crippen LogP contribution in [0.2, 0.25) is 0 Å². The van der Waals surface area contributed by atoms with Crippen LogP contribution < -0.4 is 10.3 Å². The highest BCUT2D eigenvalue weighted by atomic mass is 16.1. The summed E-state index contributed by atoms with van der Waals surface area (Å²) in [6.07, 6.45) is 6.16. The molecule has 4 nitrogen and oxygen atoms in total. The van der Waals surface area contributed by atoms with Crippen LogP contribution in [-0.4, -0.2) is 31.3 Å². The van der Waals surface area contributed by atoms with Crippen molar-refractivity contribution in [3.05, 3.63) is 75.4 Å². The van der Waals surface area contributed by atoms with E-state index in [-0.39, 0.29) is 23.2 Å². The van der Waals surface area contributed by atoms with Crippen LogP contribution in [0, 0.1) is 12.8 Å². The van der Waals surface area contributed by atoms with Crippen molar-refractivity contribution in [1.29, 1.82) is 0 Å². The molecule has 0 bridgehead atoms. The van der Waals surface area contributed by atoms with Gasteiger partial charge in [-0.2, -0.15) is 0 Å². The van der Waals surface area contributed by atoms with E-state index in [4.69, 9.17) is 0 Å². The number of pyridine rings is 1. The second kappa shape index (κ2) is 5.71. The number of benzene rings is 2. The average molecular weight is 368 g/mol. The normalized spacial score (nSPS) is 21.0. The fourth-order valence-corrected chi connectivity index (χ4v) is 4.64. The van der Waals surface area contributed by atoms with E-state index in [1.165, 1.54) is 0 Å². The summed E-state index contributed by atoms with van der Waals surface area (Å²) in [6.45, 7) is 2.02. The monoisotopic (exact) mass is 368 g/mol. The maximum absolute atomic E-state index is 13.3. The van der Waals surface area contributed by atoms with Gasteiger partial charge in [-0.15, -0.1) is 0 Å². The van der Waals surface area contributed by atoms with Crippen LogP contribution in [0.15, 0.2) is 58.8 Å². The number of nitrogens with zero attached hydrogens (tertiary/aromatic N) is 2. The number of likely N-dealkylation sites (N-methyl/N-ethyl adjacent to an activating group) is 1. The van der Waals surface area contributed by atoms with Gasteiger partial charge in [0.25, 0.3) is 0 Å². The molecule has 28 heavy (non-hydrogen) atoms. The maximum atomic E-state index is 13.3. The molecule has 5 rings (SSSR count). The number of carbonyl (C=O) groups is 1. The number of allylic oxidation sites excluding steroid dienone is 2. The number of hydrogen-bond acceptors (Lipinski definition) is 3. The topological polar surface area (TPSA) is 42.3 Å². The summed E-state index contributed by atoms with van der Waals surface area (Å²) in [5.74, 6) is -0.0600. The Labute approximate surface area is 164 Å². The Morgan fingerprint density at radius 2 is 1.75 bits per heavy atom. The van der Waals surface area contributed by atoms with E-state index in [1.54, 1.807) is 0 Å². The predicted molar refractivity (Wildman–Crippen MR) is 117 cm³/mol. The average Bonchev–Trinajstić information content (AvgIpc) is 2.69. The number of ketones is 1. The van der Waals surface area contributed by atoms with Gasteiger partial charge >= 0.3 is 0 Å². The van der Waals surface area contributed by atoms with Crippen molar-refractivity contribution in [1.82, 2.24) is 4.57 Å². The van der Waals surface area contributed by atoms with Crippen molar-refractivity contribution < 1.29 is 4.79 Å². The third-order valence-corrected chi connectivity index (χ3v) is 6.24. The lowest BCUT2D eigenvalue weighted by molar-refractivity contribution is 0.0929. The van der Waals surface area contributed by atoms with E-state index in [0.29, 0.717) is 16.3 Å². The number of anilines is 1. The number of rotatable bonds is 0. The fourth-order valence-electron chi connectivity index (χ4n) is 4.64. The van der Waals surface area contributed by atoms with Crippen LogP contribution in [-0.2, 0) is 7.05 Å². The van der Waals surface area contributed by atoms with E-state index >= 15 is 0 Å². The first-order valence-electron chi connectivity index (χ1n) is 9.57. The Hall–Kier alpha value is -3.08. The maximum Gasteiger partial charge on any atom is 0.197 e. The summed E-state index contributed by atoms with van der Waals surface area (Å²) in [5.41, 5.74) is 5.49. The van der Waals surface area contributed by atoms with Gasteiger partial charge in [0.15, 0.2) is 11.2 Å². The first-order valence-corrected chi connectivity index (χ1v) is 9.57. The van der Waals surface area contributed by atoms with E-state index in [2.05, 4.69) is 11.0 Å². The second-order valence-corrected chi connectivity index (χ2v) is 8.06. The molecule has 0 saturated heterocycles. The highest BCUT2D eigenvalue weighted by molar-refractivity contribution is 6.24. The minimum absolute atomic E-state index is 0.00518. The summed E-state index contributed by atoms with van der Waals surface area (Å²) >= 11 is 0. The summed E-state index contributed by atoms with van der Waals surface area (Å²) < 4.78 is 2.03. The lowest BCUT2D eigenvalue weighted by Crippen LogP contribution is -2.45. The van der Waals surface area contributed by atoms with Crippen molar-refractivity contribution >= 4 is 41.1 Å². The minimum Gasteiger partial charge on any atom is -0.366 e. The Morgan fingerprint density at radius 1 is 1.00 bits per heavy atom. The van der Waals surface area contributed by atoms with Gasteiger partial charge in [0.1, 0.15) is 7.85 Å². The molecule has 3 aromatic rings. The van der Waals surface area contributed by atoms with Crippen molar-refractivity contribution in [2.45, 2.75) is 13.0 Å². The van der Waals surface area contributed by atoms with Gasteiger partial charge in [-0.05, 0) is 36.8 Å². The summed E-state index contributed by atoms with van der Waals surface area (Å²) in [4.78, 5) is 28.6. The number of aromatic nitrogens is 1. The molecule has 0 radical (unpaired) electrons. The molecular weight excluding hydrogens is 347 g/mol. The Bertz CT molecular complexity index is 1320. The molecule has 0 saturated carbocycles. The minimum atomic E-state index is -0.182. The molecular formula is C23H21BN2O2. The highest BCUT2D eigenvalue weighted by Crippen LogP contribution is 2.38. The molecule has 2 aliphatic rings. The fraction of sp³-hybridized carbons (Fsp3) is 0.217. The summed E-state index contributed by atoms with van der Waals surface area (Å²) in [6, 6.07) is 9.70. The van der Waals surface area contributed by atoms with Gasteiger partial charge in [-0.3, -0.25) is 9.59 Å². The van der Waals surface area contributed by atoms with Crippen LogP contribution in [0.25, 0.3) is 21.8 Å². The van der Waals surface area contributed by atoms with E-state index < -0.39 is 0 Å². The standard InChI is InChI=1S/C23H21BN2O2/c1-12-4-6-14-18(8-12)25(2)20-10-17-21(11-16(20)22(14)27)26(3)19-9-13(24)5-7-15(19)23(17)28/h4-11,15,19H,24H2,1-3H3. The molecule has 0 N–H and O–H groups in total. The molecule has 2 atom stereocenters. The Kier molecular flexibility index (Phi) is 3.48. The van der Waals surface area contributed by atoms with Crippen molar-refractivity contribution in [2.24, 2.45) is 13.0 Å². The van der Waals surface area contributed by atoms with Gasteiger partial charge in [0, 0.05) is 36.1 Å². The number of Topliss-reactive ketones (excluding diaryl/α,β-unsaturated/α-hetero) is 1. The Morgan fingerprint density at radius 3 is 2.54 bits per heavy atom. The third-order valence-electron chi connectivity index (χ3n) is 6.24. The SMILES string of the molecule is BC1=CC2C(C=C1)C(=O)c1cc3c(cc1N2C)c(=O)c1ccc(C)cc1n3C. The number of carbonyl (C=O) groups excluding carboxylic acids is 1. The molecule has 138 valence electrons. The zero-order chi connectivity index (χ0) is 19.7. The van der Waals surface area contributed by atoms with Gasteiger partial charge in [-0.25, -0.2) is 0 Å². The number of fused-ring (bicyclic) bond motifs is 4. The molecule has 2 heterocycles. The molecule has 1 aliphatic heterocycles. The van der Waals surface area contributed by atoms with Crippen LogP contribution >= 0.6 is 0 Å². The van der Waals surface area contributed by atoms with Crippen LogP contribution in [0.3, 0.4) is 0 Å². The lowest BCUT2D eigenvalue weighted by atomic mass is 9.77. The number of aryl methyl sites for hydroxylation is 2. The molecule has 1 aliphatic carbocycles. The zero-order valence-corrected chi connectivity index (χ0v) is 16.5. The number of hydrogen-bond donors (Lipinski definition) is 0. The quantitative estimate of drug-likeness (QED) is 0.453. The smallest absolute Gasteiger partial charge is 0.197 e. The molecule has 0 spiro atoms. The third kappa shape index (κ3) is 2.19. The summed E-state index contributed by atoms with van der Waals surface area (Å²) in [5, 5.41) is 1.36. The van der Waals surface area contributed by atoms with Gasteiger partial charge in [0.05, 0.1) is 23.0 Å². The van der Waals surface area contributed by atoms with Crippen molar-refractivity contribution in [3.8, 4) is 0 Å². The van der Waals surface area contributed by atoms with Gasteiger partial charge in [-0.1, -0.05) is 29.8 Å². The first-order chi connectivity index (χ1) is 13.4. The van der Waals surface area contributed by atoms with E-state index in [1.807, 2.05) is 75.9 Å². The Balaban J connectivity index is 1.86. The van der Waals surface area contributed by atoms with E-state index in [0.717, 1.165) is 27.8 Å². The molecule has 2 aromatic carbocycles. The predicted octanol–water partition coefficient (Wildman–Crippen LogP) is 2.70. The van der Waals surface area contributed by atoms with Gasteiger partial charge in [0.2, 0.25) is 0 Å². The molecule has 5 heteroatoms. The largest absolute Gasteiger partial charge is 0.366 e. The molecule has 1 aromatic heterocycles.